The van der Waals surface area contributed by atoms with Gasteiger partial charge in [-0.3, -0.25) is 4.98 Å². The van der Waals surface area contributed by atoms with Crippen LogP contribution in [0.4, 0.5) is 5.88 Å². The molecule has 0 bridgehead atoms. The first kappa shape index (κ1) is 11.6. The van der Waals surface area contributed by atoms with Crippen molar-refractivity contribution in [3.05, 3.63) is 30.2 Å². The minimum atomic E-state index is 0.144. The molecule has 90 valence electrons. The van der Waals surface area contributed by atoms with Crippen LogP contribution >= 0.6 is 0 Å². The Morgan fingerprint density at radius 2 is 1.88 bits per heavy atom. The lowest BCUT2D eigenvalue weighted by atomic mass is 9.88. The highest BCUT2D eigenvalue weighted by Crippen LogP contribution is 2.33. The van der Waals surface area contributed by atoms with Crippen LogP contribution < -0.4 is 5.73 Å². The average Bonchev–Trinajstić information content (AvgIpc) is 2.58. The number of pyridine rings is 1. The van der Waals surface area contributed by atoms with Crippen molar-refractivity contribution < 1.29 is 4.52 Å². The van der Waals surface area contributed by atoms with Crippen molar-refractivity contribution in [3.8, 4) is 11.1 Å². The molecular weight excluding hydrogens is 214 g/mol. The summed E-state index contributed by atoms with van der Waals surface area (Å²) in [6.07, 6.45) is 4.30. The molecule has 2 N–H and O–H groups in total. The van der Waals surface area contributed by atoms with Crippen LogP contribution in [0.15, 0.2) is 29.0 Å². The second kappa shape index (κ2) is 4.20. The Morgan fingerprint density at radius 1 is 1.24 bits per heavy atom. The van der Waals surface area contributed by atoms with E-state index < -0.39 is 0 Å². The normalized spacial score (nSPS) is 11.7. The van der Waals surface area contributed by atoms with E-state index in [9.17, 15) is 0 Å². The SMILES string of the molecule is CC(C)(C)Cc1noc(N)c1-c1ccncc1. The van der Waals surface area contributed by atoms with Crippen molar-refractivity contribution in [1.29, 1.82) is 0 Å². The molecule has 0 aliphatic carbocycles. The lowest BCUT2D eigenvalue weighted by molar-refractivity contribution is 0.377. The van der Waals surface area contributed by atoms with Crippen LogP contribution in [0.2, 0.25) is 0 Å². The highest BCUT2D eigenvalue weighted by Gasteiger charge is 2.21. The first-order chi connectivity index (χ1) is 7.97. The second-order valence-electron chi connectivity index (χ2n) is 5.34. The van der Waals surface area contributed by atoms with E-state index in [4.69, 9.17) is 10.3 Å². The van der Waals surface area contributed by atoms with Gasteiger partial charge in [-0.05, 0) is 29.5 Å². The number of anilines is 1. The number of aromatic nitrogens is 2. The fourth-order valence-corrected chi connectivity index (χ4v) is 1.79. The number of nitrogen functional groups attached to an aromatic ring is 1. The van der Waals surface area contributed by atoms with Crippen molar-refractivity contribution in [2.24, 2.45) is 5.41 Å². The Kier molecular flexibility index (Phi) is 2.88. The summed E-state index contributed by atoms with van der Waals surface area (Å²) >= 11 is 0. The Balaban J connectivity index is 2.44. The van der Waals surface area contributed by atoms with E-state index in [1.165, 1.54) is 0 Å². The minimum Gasteiger partial charge on any atom is -0.367 e. The van der Waals surface area contributed by atoms with Crippen LogP contribution in [0.3, 0.4) is 0 Å². The molecule has 0 saturated heterocycles. The highest BCUT2D eigenvalue weighted by molar-refractivity contribution is 5.74. The largest absolute Gasteiger partial charge is 0.367 e. The molecule has 2 rings (SSSR count). The van der Waals surface area contributed by atoms with Crippen molar-refractivity contribution in [2.75, 3.05) is 5.73 Å². The minimum absolute atomic E-state index is 0.144. The highest BCUT2D eigenvalue weighted by atomic mass is 16.5. The summed E-state index contributed by atoms with van der Waals surface area (Å²) in [5.74, 6) is 0.371. The zero-order valence-electron chi connectivity index (χ0n) is 10.4. The van der Waals surface area contributed by atoms with E-state index in [2.05, 4.69) is 30.9 Å². The third-order valence-corrected chi connectivity index (χ3v) is 2.46. The number of hydrogen-bond acceptors (Lipinski definition) is 4. The fraction of sp³-hybridized carbons (Fsp3) is 0.385. The number of nitrogens with zero attached hydrogens (tertiary/aromatic N) is 2. The van der Waals surface area contributed by atoms with Crippen LogP contribution in [-0.2, 0) is 6.42 Å². The molecular formula is C13H17N3O. The molecule has 0 atom stereocenters. The van der Waals surface area contributed by atoms with Gasteiger partial charge in [0.05, 0.1) is 11.3 Å². The average molecular weight is 231 g/mol. The van der Waals surface area contributed by atoms with Gasteiger partial charge in [0.25, 0.3) is 0 Å². The lowest BCUT2D eigenvalue weighted by Gasteiger charge is -2.16. The predicted octanol–water partition coefficient (Wildman–Crippen LogP) is 2.91. The second-order valence-corrected chi connectivity index (χ2v) is 5.34. The Morgan fingerprint density at radius 3 is 2.47 bits per heavy atom. The number of rotatable bonds is 2. The van der Waals surface area contributed by atoms with Crippen LogP contribution in [0, 0.1) is 5.41 Å². The van der Waals surface area contributed by atoms with Gasteiger partial charge in [-0.2, -0.15) is 0 Å². The molecule has 0 unspecified atom stereocenters. The summed E-state index contributed by atoms with van der Waals surface area (Å²) in [5, 5.41) is 4.06. The molecule has 0 spiro atoms. The van der Waals surface area contributed by atoms with Crippen LogP contribution in [0.1, 0.15) is 26.5 Å². The first-order valence-electron chi connectivity index (χ1n) is 5.62. The molecule has 0 radical (unpaired) electrons. The number of hydrogen-bond donors (Lipinski definition) is 1. The maximum absolute atomic E-state index is 5.84. The maximum Gasteiger partial charge on any atom is 0.230 e. The van der Waals surface area contributed by atoms with E-state index in [1.807, 2.05) is 12.1 Å². The lowest BCUT2D eigenvalue weighted by Crippen LogP contribution is -2.10. The predicted molar refractivity (Wildman–Crippen MR) is 67.3 cm³/mol. The van der Waals surface area contributed by atoms with E-state index in [1.54, 1.807) is 12.4 Å². The van der Waals surface area contributed by atoms with E-state index in [-0.39, 0.29) is 5.41 Å². The molecule has 2 aromatic heterocycles. The van der Waals surface area contributed by atoms with E-state index >= 15 is 0 Å². The van der Waals surface area contributed by atoms with Crippen molar-refractivity contribution in [2.45, 2.75) is 27.2 Å². The van der Waals surface area contributed by atoms with Crippen molar-refractivity contribution in [3.63, 3.8) is 0 Å². The number of nitrogens with two attached hydrogens (primary N) is 1. The van der Waals surface area contributed by atoms with Gasteiger partial charge in [0.15, 0.2) is 0 Å². The summed E-state index contributed by atoms with van der Waals surface area (Å²) in [5.41, 5.74) is 8.78. The zero-order chi connectivity index (χ0) is 12.5. The van der Waals surface area contributed by atoms with Crippen LogP contribution in [0.5, 0.6) is 0 Å². The molecule has 0 aliphatic heterocycles. The Hall–Kier alpha value is -1.84. The smallest absolute Gasteiger partial charge is 0.230 e. The van der Waals surface area contributed by atoms with Gasteiger partial charge in [0.2, 0.25) is 5.88 Å². The Bertz CT molecular complexity index is 497. The maximum atomic E-state index is 5.84. The third kappa shape index (κ3) is 2.64. The van der Waals surface area contributed by atoms with Gasteiger partial charge in [-0.1, -0.05) is 25.9 Å². The fourth-order valence-electron chi connectivity index (χ4n) is 1.79. The molecule has 0 amide bonds. The zero-order valence-corrected chi connectivity index (χ0v) is 10.4. The van der Waals surface area contributed by atoms with Crippen molar-refractivity contribution in [1.82, 2.24) is 10.1 Å². The molecule has 4 heteroatoms. The first-order valence-corrected chi connectivity index (χ1v) is 5.62. The summed E-state index contributed by atoms with van der Waals surface area (Å²) in [4.78, 5) is 4.00. The van der Waals surface area contributed by atoms with Crippen molar-refractivity contribution >= 4 is 5.88 Å². The molecule has 0 aliphatic rings. The molecule has 0 fully saturated rings. The molecule has 2 heterocycles. The van der Waals surface area contributed by atoms with Gasteiger partial charge in [-0.25, -0.2) is 0 Å². The summed E-state index contributed by atoms with van der Waals surface area (Å²) in [6.45, 7) is 6.48. The van der Waals surface area contributed by atoms with Gasteiger partial charge in [-0.15, -0.1) is 0 Å². The summed E-state index contributed by atoms with van der Waals surface area (Å²) < 4.78 is 5.10. The van der Waals surface area contributed by atoms with Gasteiger partial charge >= 0.3 is 0 Å². The van der Waals surface area contributed by atoms with Gasteiger partial charge in [0.1, 0.15) is 0 Å². The molecule has 17 heavy (non-hydrogen) atoms. The summed E-state index contributed by atoms with van der Waals surface area (Å²) in [7, 11) is 0. The molecule has 4 nitrogen and oxygen atoms in total. The van der Waals surface area contributed by atoms with E-state index in [0.29, 0.717) is 5.88 Å². The Labute approximate surface area is 101 Å². The topological polar surface area (TPSA) is 64.9 Å². The van der Waals surface area contributed by atoms with Crippen LogP contribution in [0.25, 0.3) is 11.1 Å². The summed E-state index contributed by atoms with van der Waals surface area (Å²) in [6, 6.07) is 3.82. The standard InChI is InChI=1S/C13H17N3O/c1-13(2,3)8-10-11(12(14)17-16-10)9-4-6-15-7-5-9/h4-7H,8,14H2,1-3H3. The monoisotopic (exact) mass is 231 g/mol. The quantitative estimate of drug-likeness (QED) is 0.863. The molecule has 2 aromatic rings. The third-order valence-electron chi connectivity index (χ3n) is 2.46. The van der Waals surface area contributed by atoms with Crippen LogP contribution in [-0.4, -0.2) is 10.1 Å². The molecule has 0 aromatic carbocycles. The van der Waals surface area contributed by atoms with Gasteiger partial charge < -0.3 is 10.3 Å². The van der Waals surface area contributed by atoms with Gasteiger partial charge in [0, 0.05) is 12.4 Å². The molecule has 0 saturated carbocycles. The van der Waals surface area contributed by atoms with E-state index in [0.717, 1.165) is 23.2 Å².